The smallest absolute Gasteiger partial charge is 0.0433 e. The zero-order chi connectivity index (χ0) is 13.5. The van der Waals surface area contributed by atoms with Gasteiger partial charge in [0.15, 0.2) is 0 Å². The molecular weight excluding hydrogens is 262 g/mol. The number of fused-ring (bicyclic) bond motifs is 3. The maximum Gasteiger partial charge on any atom is 0.0433 e. The quantitative estimate of drug-likeness (QED) is 0.468. The molecule has 0 saturated carbocycles. The van der Waals surface area contributed by atoms with Crippen molar-refractivity contribution in [1.29, 1.82) is 0 Å². The summed E-state index contributed by atoms with van der Waals surface area (Å²) in [5.74, 6) is 0. The molecular formula is C18H13NS. The van der Waals surface area contributed by atoms with Crippen LogP contribution in [0.25, 0.3) is 31.3 Å². The standard InChI is InChI=1S/C18H13NS/c19-13-10-8-12(9-11-13)14-5-3-6-16-15-4-1-2-7-17(15)20-18(14)16/h1-11H,19H2. The third-order valence-corrected chi connectivity index (χ3v) is 4.85. The third kappa shape index (κ3) is 1.69. The van der Waals surface area contributed by atoms with E-state index in [9.17, 15) is 0 Å². The molecule has 3 aromatic carbocycles. The van der Waals surface area contributed by atoms with Crippen molar-refractivity contribution in [3.8, 4) is 11.1 Å². The average Bonchev–Trinajstić information content (AvgIpc) is 2.87. The van der Waals surface area contributed by atoms with Gasteiger partial charge in [-0.05, 0) is 29.3 Å². The highest BCUT2D eigenvalue weighted by atomic mass is 32.1. The molecule has 1 heterocycles. The van der Waals surface area contributed by atoms with Gasteiger partial charge in [0, 0.05) is 25.9 Å². The molecule has 0 bridgehead atoms. The minimum absolute atomic E-state index is 0.803. The van der Waals surface area contributed by atoms with Crippen molar-refractivity contribution < 1.29 is 0 Å². The average molecular weight is 275 g/mol. The minimum atomic E-state index is 0.803. The summed E-state index contributed by atoms with van der Waals surface area (Å²) in [6.45, 7) is 0. The van der Waals surface area contributed by atoms with Crippen molar-refractivity contribution in [2.75, 3.05) is 5.73 Å². The minimum Gasteiger partial charge on any atom is -0.399 e. The van der Waals surface area contributed by atoms with Crippen molar-refractivity contribution in [3.63, 3.8) is 0 Å². The zero-order valence-corrected chi connectivity index (χ0v) is 11.7. The van der Waals surface area contributed by atoms with E-state index in [0.29, 0.717) is 0 Å². The normalized spacial score (nSPS) is 11.2. The lowest BCUT2D eigenvalue weighted by Gasteiger charge is -2.04. The molecule has 1 aromatic heterocycles. The van der Waals surface area contributed by atoms with Crippen LogP contribution in [0.5, 0.6) is 0 Å². The van der Waals surface area contributed by atoms with E-state index in [1.165, 1.54) is 31.3 Å². The number of nitrogens with two attached hydrogens (primary N) is 1. The Hall–Kier alpha value is -2.32. The summed E-state index contributed by atoms with van der Waals surface area (Å²) < 4.78 is 2.68. The lowest BCUT2D eigenvalue weighted by molar-refractivity contribution is 1.66. The number of nitrogen functional groups attached to an aromatic ring is 1. The fraction of sp³-hybridized carbons (Fsp3) is 0. The summed E-state index contributed by atoms with van der Waals surface area (Å²) >= 11 is 1.86. The van der Waals surface area contributed by atoms with Gasteiger partial charge in [0.1, 0.15) is 0 Å². The van der Waals surface area contributed by atoms with E-state index in [4.69, 9.17) is 5.73 Å². The Morgan fingerprint density at radius 2 is 1.45 bits per heavy atom. The monoisotopic (exact) mass is 275 g/mol. The molecule has 0 aliphatic rings. The maximum atomic E-state index is 5.78. The molecule has 20 heavy (non-hydrogen) atoms. The lowest BCUT2D eigenvalue weighted by atomic mass is 10.0. The van der Waals surface area contributed by atoms with E-state index >= 15 is 0 Å². The van der Waals surface area contributed by atoms with Gasteiger partial charge in [-0.1, -0.05) is 48.5 Å². The first-order valence-electron chi connectivity index (χ1n) is 6.59. The Kier molecular flexibility index (Phi) is 2.51. The maximum absolute atomic E-state index is 5.78. The number of rotatable bonds is 1. The summed E-state index contributed by atoms with van der Waals surface area (Å²) in [4.78, 5) is 0. The van der Waals surface area contributed by atoms with Gasteiger partial charge in [-0.2, -0.15) is 0 Å². The van der Waals surface area contributed by atoms with Crippen LogP contribution >= 0.6 is 11.3 Å². The van der Waals surface area contributed by atoms with E-state index in [0.717, 1.165) is 5.69 Å². The number of hydrogen-bond donors (Lipinski definition) is 1. The van der Waals surface area contributed by atoms with Crippen LogP contribution in [-0.4, -0.2) is 0 Å². The van der Waals surface area contributed by atoms with E-state index in [2.05, 4.69) is 54.6 Å². The number of anilines is 1. The second kappa shape index (κ2) is 4.36. The van der Waals surface area contributed by atoms with Gasteiger partial charge in [-0.3, -0.25) is 0 Å². The van der Waals surface area contributed by atoms with Crippen molar-refractivity contribution in [1.82, 2.24) is 0 Å². The van der Waals surface area contributed by atoms with E-state index < -0.39 is 0 Å². The predicted molar refractivity (Wildman–Crippen MR) is 89.2 cm³/mol. The molecule has 96 valence electrons. The third-order valence-electron chi connectivity index (χ3n) is 3.63. The topological polar surface area (TPSA) is 26.0 Å². The van der Waals surface area contributed by atoms with Crippen molar-refractivity contribution >= 4 is 37.2 Å². The summed E-state index contributed by atoms with van der Waals surface area (Å²) in [7, 11) is 0. The Bertz CT molecular complexity index is 904. The van der Waals surface area contributed by atoms with Crippen molar-refractivity contribution in [2.45, 2.75) is 0 Å². The van der Waals surface area contributed by atoms with Gasteiger partial charge in [-0.25, -0.2) is 0 Å². The fourth-order valence-electron chi connectivity index (χ4n) is 2.64. The molecule has 0 amide bonds. The Labute approximate surface area is 121 Å². The summed E-state index contributed by atoms with van der Waals surface area (Å²) in [5, 5.41) is 2.67. The van der Waals surface area contributed by atoms with Crippen molar-refractivity contribution in [2.24, 2.45) is 0 Å². The van der Waals surface area contributed by atoms with Gasteiger partial charge in [-0.15, -0.1) is 11.3 Å². The van der Waals surface area contributed by atoms with E-state index in [1.54, 1.807) is 0 Å². The largest absolute Gasteiger partial charge is 0.399 e. The van der Waals surface area contributed by atoms with Crippen molar-refractivity contribution in [3.05, 3.63) is 66.7 Å². The molecule has 0 fully saturated rings. The summed E-state index contributed by atoms with van der Waals surface area (Å²) in [5.41, 5.74) is 9.08. The molecule has 0 saturated heterocycles. The van der Waals surface area contributed by atoms with Crippen LogP contribution in [0.2, 0.25) is 0 Å². The lowest BCUT2D eigenvalue weighted by Crippen LogP contribution is -1.84. The first-order chi connectivity index (χ1) is 9.83. The molecule has 2 N–H and O–H groups in total. The molecule has 2 heteroatoms. The first kappa shape index (κ1) is 11.5. The van der Waals surface area contributed by atoms with Crippen LogP contribution < -0.4 is 5.73 Å². The first-order valence-corrected chi connectivity index (χ1v) is 7.41. The Morgan fingerprint density at radius 3 is 2.30 bits per heavy atom. The van der Waals surface area contributed by atoms with Crippen LogP contribution in [0.3, 0.4) is 0 Å². The highest BCUT2D eigenvalue weighted by molar-refractivity contribution is 7.26. The molecule has 4 aromatic rings. The highest BCUT2D eigenvalue weighted by Gasteiger charge is 2.09. The Morgan fingerprint density at radius 1 is 0.700 bits per heavy atom. The van der Waals surface area contributed by atoms with Gasteiger partial charge in [0.05, 0.1) is 0 Å². The number of thiophene rings is 1. The summed E-state index contributed by atoms with van der Waals surface area (Å²) in [6.07, 6.45) is 0. The molecule has 0 radical (unpaired) electrons. The Balaban J connectivity index is 2.07. The van der Waals surface area contributed by atoms with E-state index in [-0.39, 0.29) is 0 Å². The SMILES string of the molecule is Nc1ccc(-c2cccc3c2sc2ccccc23)cc1. The molecule has 4 rings (SSSR count). The number of hydrogen-bond acceptors (Lipinski definition) is 2. The van der Waals surface area contributed by atoms with Gasteiger partial charge < -0.3 is 5.73 Å². The fourth-order valence-corrected chi connectivity index (χ4v) is 3.88. The second-order valence-corrected chi connectivity index (χ2v) is 5.95. The second-order valence-electron chi connectivity index (χ2n) is 4.90. The molecule has 0 aliphatic heterocycles. The van der Waals surface area contributed by atoms with E-state index in [1.807, 2.05) is 23.5 Å². The van der Waals surface area contributed by atoms with Gasteiger partial charge >= 0.3 is 0 Å². The van der Waals surface area contributed by atoms with Crippen LogP contribution in [0.4, 0.5) is 5.69 Å². The molecule has 0 aliphatic carbocycles. The van der Waals surface area contributed by atoms with Crippen LogP contribution in [0.1, 0.15) is 0 Å². The van der Waals surface area contributed by atoms with Crippen LogP contribution in [-0.2, 0) is 0 Å². The molecule has 1 nitrogen and oxygen atoms in total. The number of benzene rings is 3. The molecule has 0 spiro atoms. The van der Waals surface area contributed by atoms with Crippen LogP contribution in [0, 0.1) is 0 Å². The van der Waals surface area contributed by atoms with Gasteiger partial charge in [0.2, 0.25) is 0 Å². The molecule has 0 unspecified atom stereocenters. The summed E-state index contributed by atoms with van der Waals surface area (Å²) in [6, 6.07) is 23.2. The highest BCUT2D eigenvalue weighted by Crippen LogP contribution is 2.39. The zero-order valence-electron chi connectivity index (χ0n) is 10.8. The van der Waals surface area contributed by atoms with Gasteiger partial charge in [0.25, 0.3) is 0 Å². The predicted octanol–water partition coefficient (Wildman–Crippen LogP) is 5.30. The molecule has 0 atom stereocenters. The van der Waals surface area contributed by atoms with Crippen LogP contribution in [0.15, 0.2) is 66.7 Å².